The summed E-state index contributed by atoms with van der Waals surface area (Å²) < 4.78 is 13.2. The van der Waals surface area contributed by atoms with Gasteiger partial charge in [0, 0.05) is 12.7 Å². The predicted molar refractivity (Wildman–Crippen MR) is 103 cm³/mol. The van der Waals surface area contributed by atoms with Crippen molar-refractivity contribution in [2.24, 2.45) is 0 Å². The van der Waals surface area contributed by atoms with Gasteiger partial charge in [-0.1, -0.05) is 29.8 Å². The zero-order valence-corrected chi connectivity index (χ0v) is 15.4. The van der Waals surface area contributed by atoms with Gasteiger partial charge in [-0.3, -0.25) is 9.78 Å². The lowest BCUT2D eigenvalue weighted by Crippen LogP contribution is -2.32. The largest absolute Gasteiger partial charge is 0.359 e. The number of rotatable bonds is 4. The maximum Gasteiger partial charge on any atom is 0.258 e. The maximum absolute atomic E-state index is 13.2. The van der Waals surface area contributed by atoms with Crippen molar-refractivity contribution in [2.75, 3.05) is 5.32 Å². The average Bonchev–Trinajstić information content (AvgIpc) is 2.92. The second kappa shape index (κ2) is 7.00. The minimum Gasteiger partial charge on any atom is -0.359 e. The number of halogens is 2. The molecule has 27 heavy (non-hydrogen) atoms. The summed E-state index contributed by atoms with van der Waals surface area (Å²) >= 11 is 6.37. The van der Waals surface area contributed by atoms with E-state index in [1.807, 2.05) is 25.1 Å². The Kier molecular flexibility index (Phi) is 4.54. The molecule has 3 aromatic rings. The summed E-state index contributed by atoms with van der Waals surface area (Å²) in [7, 11) is 0. The van der Waals surface area contributed by atoms with Crippen LogP contribution in [-0.4, -0.2) is 15.8 Å². The number of aryl methyl sites for hydroxylation is 1. The van der Waals surface area contributed by atoms with Gasteiger partial charge in [0.2, 0.25) is 0 Å². The van der Waals surface area contributed by atoms with Gasteiger partial charge in [0.15, 0.2) is 0 Å². The molecule has 2 aromatic carbocycles. The number of carbonyl (C=O) groups excluding carboxylic acids is 1. The van der Waals surface area contributed by atoms with E-state index in [1.54, 1.807) is 35.4 Å². The Morgan fingerprint density at radius 2 is 1.96 bits per heavy atom. The van der Waals surface area contributed by atoms with E-state index in [-0.39, 0.29) is 11.7 Å². The number of hydrogen-bond acceptors (Lipinski definition) is 3. The van der Waals surface area contributed by atoms with Crippen LogP contribution < -0.4 is 5.32 Å². The molecule has 0 radical (unpaired) electrons. The SMILES string of the molecule is Cc1ccc(N[C@@H]2c3ncccc3C(=O)N2Cc2ccc(F)cc2)c(Cl)c1. The third-order valence-corrected chi connectivity index (χ3v) is 4.90. The summed E-state index contributed by atoms with van der Waals surface area (Å²) in [6, 6.07) is 15.3. The molecular weight excluding hydrogens is 365 g/mol. The van der Waals surface area contributed by atoms with Crippen LogP contribution in [0.1, 0.15) is 33.3 Å². The smallest absolute Gasteiger partial charge is 0.258 e. The number of nitrogens with zero attached hydrogens (tertiary/aromatic N) is 2. The number of carbonyl (C=O) groups is 1. The molecular formula is C21H17ClFN3O. The third-order valence-electron chi connectivity index (χ3n) is 4.58. The lowest BCUT2D eigenvalue weighted by atomic mass is 10.2. The van der Waals surface area contributed by atoms with Crippen LogP contribution in [0.25, 0.3) is 0 Å². The number of aromatic nitrogens is 1. The highest BCUT2D eigenvalue weighted by atomic mass is 35.5. The number of benzene rings is 2. The third kappa shape index (κ3) is 3.38. The molecule has 6 heteroatoms. The molecule has 136 valence electrons. The molecule has 4 nitrogen and oxygen atoms in total. The van der Waals surface area contributed by atoms with Crippen molar-refractivity contribution >= 4 is 23.2 Å². The van der Waals surface area contributed by atoms with Crippen LogP contribution in [0.3, 0.4) is 0 Å². The van der Waals surface area contributed by atoms with Crippen molar-refractivity contribution in [2.45, 2.75) is 19.6 Å². The minimum atomic E-state index is -0.459. The van der Waals surface area contributed by atoms with E-state index in [0.717, 1.165) is 16.8 Å². The molecule has 1 aliphatic heterocycles. The van der Waals surface area contributed by atoms with E-state index < -0.39 is 6.17 Å². The fraction of sp³-hybridized carbons (Fsp3) is 0.143. The van der Waals surface area contributed by atoms with Gasteiger partial charge < -0.3 is 10.2 Å². The van der Waals surface area contributed by atoms with Crippen molar-refractivity contribution in [3.05, 3.63) is 94.0 Å². The number of nitrogens with one attached hydrogen (secondary N) is 1. The Bertz CT molecular complexity index is 1010. The van der Waals surface area contributed by atoms with Crippen molar-refractivity contribution in [1.82, 2.24) is 9.88 Å². The van der Waals surface area contributed by atoms with Gasteiger partial charge in [-0.25, -0.2) is 4.39 Å². The predicted octanol–water partition coefficient (Wildman–Crippen LogP) is 4.95. The lowest BCUT2D eigenvalue weighted by Gasteiger charge is -2.27. The van der Waals surface area contributed by atoms with Crippen molar-refractivity contribution in [3.8, 4) is 0 Å². The lowest BCUT2D eigenvalue weighted by molar-refractivity contribution is 0.0727. The highest BCUT2D eigenvalue weighted by Crippen LogP contribution is 2.36. The van der Waals surface area contributed by atoms with Crippen LogP contribution in [0.2, 0.25) is 5.02 Å². The summed E-state index contributed by atoms with van der Waals surface area (Å²) in [4.78, 5) is 19.0. The molecule has 2 heterocycles. The van der Waals surface area contributed by atoms with Gasteiger partial charge in [-0.2, -0.15) is 0 Å². The van der Waals surface area contributed by atoms with E-state index in [4.69, 9.17) is 11.6 Å². The fourth-order valence-electron chi connectivity index (χ4n) is 3.22. The number of amides is 1. The molecule has 0 unspecified atom stereocenters. The highest BCUT2D eigenvalue weighted by Gasteiger charge is 2.38. The van der Waals surface area contributed by atoms with E-state index in [1.165, 1.54) is 12.1 Å². The normalized spacial score (nSPS) is 15.7. The summed E-state index contributed by atoms with van der Waals surface area (Å²) in [5.74, 6) is -0.430. The molecule has 1 N–H and O–H groups in total. The summed E-state index contributed by atoms with van der Waals surface area (Å²) in [6.45, 7) is 2.29. The van der Waals surface area contributed by atoms with E-state index in [2.05, 4.69) is 10.3 Å². The van der Waals surface area contributed by atoms with Crippen molar-refractivity contribution in [3.63, 3.8) is 0 Å². The molecule has 1 amide bonds. The van der Waals surface area contributed by atoms with E-state index >= 15 is 0 Å². The van der Waals surface area contributed by atoms with Crippen LogP contribution in [-0.2, 0) is 6.54 Å². The van der Waals surface area contributed by atoms with Crippen LogP contribution in [0.5, 0.6) is 0 Å². The van der Waals surface area contributed by atoms with Crippen molar-refractivity contribution in [1.29, 1.82) is 0 Å². The van der Waals surface area contributed by atoms with Crippen LogP contribution in [0.4, 0.5) is 10.1 Å². The molecule has 0 fully saturated rings. The topological polar surface area (TPSA) is 45.2 Å². The Labute approximate surface area is 161 Å². The number of pyridine rings is 1. The monoisotopic (exact) mass is 381 g/mol. The summed E-state index contributed by atoms with van der Waals surface area (Å²) in [6.07, 6.45) is 1.21. The van der Waals surface area contributed by atoms with Gasteiger partial charge >= 0.3 is 0 Å². The Morgan fingerprint density at radius 1 is 1.19 bits per heavy atom. The van der Waals surface area contributed by atoms with Crippen LogP contribution in [0.15, 0.2) is 60.8 Å². The molecule has 0 bridgehead atoms. The van der Waals surface area contributed by atoms with Gasteiger partial charge in [-0.05, 0) is 54.4 Å². The Morgan fingerprint density at radius 3 is 2.70 bits per heavy atom. The zero-order valence-electron chi connectivity index (χ0n) is 14.6. The first-order valence-electron chi connectivity index (χ1n) is 8.56. The number of anilines is 1. The quantitative estimate of drug-likeness (QED) is 0.695. The fourth-order valence-corrected chi connectivity index (χ4v) is 3.51. The first-order valence-corrected chi connectivity index (χ1v) is 8.94. The van der Waals surface area contributed by atoms with Gasteiger partial charge in [0.25, 0.3) is 5.91 Å². The Balaban J connectivity index is 1.70. The molecule has 1 aromatic heterocycles. The minimum absolute atomic E-state index is 0.122. The molecule has 1 atom stereocenters. The van der Waals surface area contributed by atoms with Crippen molar-refractivity contribution < 1.29 is 9.18 Å². The first kappa shape index (κ1) is 17.5. The highest BCUT2D eigenvalue weighted by molar-refractivity contribution is 6.33. The molecule has 0 saturated heterocycles. The Hall–Kier alpha value is -2.92. The molecule has 0 saturated carbocycles. The second-order valence-corrected chi connectivity index (χ2v) is 6.93. The van der Waals surface area contributed by atoms with Gasteiger partial charge in [-0.15, -0.1) is 0 Å². The summed E-state index contributed by atoms with van der Waals surface area (Å²) in [5.41, 5.74) is 3.82. The number of fused-ring (bicyclic) bond motifs is 1. The van der Waals surface area contributed by atoms with Crippen LogP contribution in [0, 0.1) is 12.7 Å². The zero-order chi connectivity index (χ0) is 19.0. The molecule has 1 aliphatic rings. The van der Waals surface area contributed by atoms with Crippen LogP contribution >= 0.6 is 11.6 Å². The molecule has 4 rings (SSSR count). The standard InChI is InChI=1S/C21H17ClFN3O/c1-13-4-9-18(17(22)11-13)25-20-19-16(3-2-10-24-19)21(27)26(20)12-14-5-7-15(23)8-6-14/h2-11,20,25H,12H2,1H3/t20-/m0/s1. The molecule has 0 aliphatic carbocycles. The maximum atomic E-state index is 13.2. The van der Waals surface area contributed by atoms with Gasteiger partial charge in [0.05, 0.1) is 22.0 Å². The van der Waals surface area contributed by atoms with E-state index in [9.17, 15) is 9.18 Å². The second-order valence-electron chi connectivity index (χ2n) is 6.53. The summed E-state index contributed by atoms with van der Waals surface area (Å²) in [5, 5.41) is 3.92. The molecule has 0 spiro atoms. The number of hydrogen-bond donors (Lipinski definition) is 1. The first-order chi connectivity index (χ1) is 13.0. The average molecular weight is 382 g/mol. The van der Waals surface area contributed by atoms with Gasteiger partial charge in [0.1, 0.15) is 12.0 Å². The van der Waals surface area contributed by atoms with E-state index in [0.29, 0.717) is 22.8 Å².